The third kappa shape index (κ3) is 7.61. The number of amides is 1. The smallest absolute Gasteiger partial charge is 0.227 e. The molecule has 1 aliphatic heterocycles. The molecule has 3 N–H and O–H groups in total. The van der Waals surface area contributed by atoms with E-state index in [2.05, 4.69) is 38.0 Å². The van der Waals surface area contributed by atoms with Crippen LogP contribution in [0.5, 0.6) is 11.5 Å². The van der Waals surface area contributed by atoms with E-state index in [1.54, 1.807) is 14.2 Å². The summed E-state index contributed by atoms with van der Waals surface area (Å²) < 4.78 is 10.8. The molecule has 0 aliphatic carbocycles. The number of likely N-dealkylation sites (tertiary alicyclic amines) is 1. The van der Waals surface area contributed by atoms with E-state index in [0.717, 1.165) is 50.1 Å². The highest BCUT2D eigenvalue weighted by Gasteiger charge is 2.28. The van der Waals surface area contributed by atoms with Crippen LogP contribution in [-0.2, 0) is 11.3 Å². The van der Waals surface area contributed by atoms with Crippen molar-refractivity contribution >= 4 is 11.9 Å². The Hall–Kier alpha value is -2.48. The molecular formula is C23H39N5O3. The lowest BCUT2D eigenvalue weighted by atomic mass is 9.92. The second kappa shape index (κ2) is 11.8. The van der Waals surface area contributed by atoms with Gasteiger partial charge in [-0.25, -0.2) is 0 Å². The number of aliphatic imine (C=N–C) groups is 1. The van der Waals surface area contributed by atoms with E-state index in [0.29, 0.717) is 19.1 Å². The van der Waals surface area contributed by atoms with Gasteiger partial charge >= 0.3 is 0 Å². The second-order valence-corrected chi connectivity index (χ2v) is 8.52. The van der Waals surface area contributed by atoms with Crippen molar-refractivity contribution in [3.63, 3.8) is 0 Å². The lowest BCUT2D eigenvalue weighted by molar-refractivity contribution is -0.128. The van der Waals surface area contributed by atoms with Crippen LogP contribution in [0, 0.1) is 5.41 Å². The molecule has 1 amide bonds. The van der Waals surface area contributed by atoms with Crippen molar-refractivity contribution in [1.82, 2.24) is 20.9 Å². The first-order chi connectivity index (χ1) is 14.8. The number of benzene rings is 1. The Kier molecular flexibility index (Phi) is 9.43. The Morgan fingerprint density at radius 2 is 1.77 bits per heavy atom. The molecule has 8 heteroatoms. The van der Waals surface area contributed by atoms with Gasteiger partial charge < -0.3 is 25.4 Å². The summed E-state index contributed by atoms with van der Waals surface area (Å²) in [5.74, 6) is 2.39. The van der Waals surface area contributed by atoms with Crippen LogP contribution in [0.3, 0.4) is 0 Å². The number of carbonyl (C=O) groups is 1. The highest BCUT2D eigenvalue weighted by Crippen LogP contribution is 2.24. The minimum absolute atomic E-state index is 0.0235. The zero-order chi connectivity index (χ0) is 22.9. The average molecular weight is 434 g/mol. The van der Waals surface area contributed by atoms with Crippen LogP contribution in [-0.4, -0.2) is 69.8 Å². The molecule has 0 radical (unpaired) electrons. The van der Waals surface area contributed by atoms with Gasteiger partial charge in [-0.2, -0.15) is 0 Å². The molecule has 1 fully saturated rings. The number of hydrogen-bond donors (Lipinski definition) is 3. The number of hydrogen-bond acceptors (Lipinski definition) is 5. The Morgan fingerprint density at radius 1 is 1.13 bits per heavy atom. The number of ether oxygens (including phenoxy) is 2. The lowest BCUT2D eigenvalue weighted by Crippen LogP contribution is -2.46. The van der Waals surface area contributed by atoms with Crippen LogP contribution in [0.1, 0.15) is 39.7 Å². The Labute approximate surface area is 186 Å². The van der Waals surface area contributed by atoms with Crippen molar-refractivity contribution in [3.05, 3.63) is 23.8 Å². The zero-order valence-electron chi connectivity index (χ0n) is 19.9. The number of nitrogens with zero attached hydrogens (tertiary/aromatic N) is 2. The summed E-state index contributed by atoms with van der Waals surface area (Å²) in [6.07, 6.45) is 1.03. The summed E-state index contributed by atoms with van der Waals surface area (Å²) >= 11 is 0. The number of carbonyl (C=O) groups excluding carboxylic acids is 1. The molecule has 174 valence electrons. The van der Waals surface area contributed by atoms with Crippen LogP contribution >= 0.6 is 0 Å². The van der Waals surface area contributed by atoms with Crippen molar-refractivity contribution in [1.29, 1.82) is 0 Å². The molecule has 1 aliphatic rings. The highest BCUT2D eigenvalue weighted by molar-refractivity contribution is 5.83. The van der Waals surface area contributed by atoms with Crippen LogP contribution in [0.15, 0.2) is 23.2 Å². The second-order valence-electron chi connectivity index (χ2n) is 8.52. The number of nitrogens with one attached hydrogen (secondary N) is 3. The van der Waals surface area contributed by atoms with Crippen molar-refractivity contribution in [3.8, 4) is 11.5 Å². The number of rotatable bonds is 10. The maximum Gasteiger partial charge on any atom is 0.227 e. The van der Waals surface area contributed by atoms with Gasteiger partial charge in [-0.05, 0) is 51.8 Å². The van der Waals surface area contributed by atoms with Gasteiger partial charge in [0.1, 0.15) is 11.5 Å². The SMILES string of the molecule is CCNC(=O)C(C)(C)CN=C(NCC)NC1CCN(Cc2cc(OC)cc(OC)c2)C1. The normalized spacial score (nSPS) is 17.4. The Bertz CT molecular complexity index is 728. The third-order valence-corrected chi connectivity index (χ3v) is 5.36. The standard InChI is InChI=1S/C23H39N5O3/c1-7-24-21(29)23(3,4)16-26-22(25-8-2)27-18-9-10-28(15-18)14-17-11-19(30-5)13-20(12-17)31-6/h11-13,18H,7-10,14-16H2,1-6H3,(H,24,29)(H2,25,26,27). The summed E-state index contributed by atoms with van der Waals surface area (Å²) in [7, 11) is 3.34. The first-order valence-electron chi connectivity index (χ1n) is 11.1. The van der Waals surface area contributed by atoms with Gasteiger partial charge in [0.15, 0.2) is 5.96 Å². The largest absolute Gasteiger partial charge is 0.497 e. The molecule has 31 heavy (non-hydrogen) atoms. The average Bonchev–Trinajstić information content (AvgIpc) is 3.18. The molecule has 0 aromatic heterocycles. The fourth-order valence-electron chi connectivity index (χ4n) is 3.57. The van der Waals surface area contributed by atoms with Crippen molar-refractivity contribution in [2.75, 3.05) is 46.9 Å². The fraction of sp³-hybridized carbons (Fsp3) is 0.652. The van der Waals surface area contributed by atoms with Crippen LogP contribution in [0.4, 0.5) is 0 Å². The highest BCUT2D eigenvalue weighted by atomic mass is 16.5. The first-order valence-corrected chi connectivity index (χ1v) is 11.1. The van der Waals surface area contributed by atoms with Gasteiger partial charge in [-0.3, -0.25) is 14.7 Å². The van der Waals surface area contributed by atoms with Crippen LogP contribution in [0.25, 0.3) is 0 Å². The van der Waals surface area contributed by atoms with Gasteiger partial charge in [0, 0.05) is 44.8 Å². The molecule has 1 atom stereocenters. The van der Waals surface area contributed by atoms with E-state index in [4.69, 9.17) is 9.47 Å². The lowest BCUT2D eigenvalue weighted by Gasteiger charge is -2.23. The molecule has 1 saturated heterocycles. The minimum atomic E-state index is -0.550. The minimum Gasteiger partial charge on any atom is -0.497 e. The molecule has 2 rings (SSSR count). The molecular weight excluding hydrogens is 394 g/mol. The summed E-state index contributed by atoms with van der Waals surface area (Å²) in [5, 5.41) is 9.73. The quantitative estimate of drug-likeness (QED) is 0.386. The van der Waals surface area contributed by atoms with Gasteiger partial charge in [0.05, 0.1) is 26.2 Å². The third-order valence-electron chi connectivity index (χ3n) is 5.36. The number of methoxy groups -OCH3 is 2. The van der Waals surface area contributed by atoms with Crippen molar-refractivity contribution < 1.29 is 14.3 Å². The van der Waals surface area contributed by atoms with Gasteiger partial charge in [-0.15, -0.1) is 0 Å². The maximum absolute atomic E-state index is 12.2. The molecule has 1 unspecified atom stereocenters. The van der Waals surface area contributed by atoms with Gasteiger partial charge in [0.2, 0.25) is 5.91 Å². The van der Waals surface area contributed by atoms with E-state index in [-0.39, 0.29) is 5.91 Å². The van der Waals surface area contributed by atoms with Crippen LogP contribution < -0.4 is 25.4 Å². The van der Waals surface area contributed by atoms with E-state index in [1.807, 2.05) is 33.8 Å². The van der Waals surface area contributed by atoms with E-state index in [1.165, 1.54) is 5.56 Å². The molecule has 1 heterocycles. The van der Waals surface area contributed by atoms with E-state index >= 15 is 0 Å². The molecule has 0 spiro atoms. The fourth-order valence-corrected chi connectivity index (χ4v) is 3.57. The Balaban J connectivity index is 1.95. The monoisotopic (exact) mass is 433 g/mol. The molecule has 0 saturated carbocycles. The topological polar surface area (TPSA) is 87.2 Å². The molecule has 1 aromatic carbocycles. The summed E-state index contributed by atoms with van der Waals surface area (Å²) in [6, 6.07) is 6.30. The van der Waals surface area contributed by atoms with E-state index in [9.17, 15) is 4.79 Å². The molecule has 1 aromatic rings. The number of guanidine groups is 1. The summed E-state index contributed by atoms with van der Waals surface area (Å²) in [5.41, 5.74) is 0.618. The Morgan fingerprint density at radius 3 is 2.35 bits per heavy atom. The molecule has 8 nitrogen and oxygen atoms in total. The predicted octanol–water partition coefficient (Wildman–Crippen LogP) is 2.00. The zero-order valence-corrected chi connectivity index (χ0v) is 19.9. The van der Waals surface area contributed by atoms with Crippen molar-refractivity contribution in [2.24, 2.45) is 10.4 Å². The maximum atomic E-state index is 12.2. The first kappa shape index (κ1) is 24.8. The summed E-state index contributed by atoms with van der Waals surface area (Å²) in [6.45, 7) is 12.4. The van der Waals surface area contributed by atoms with Gasteiger partial charge in [0.25, 0.3) is 0 Å². The summed E-state index contributed by atoms with van der Waals surface area (Å²) in [4.78, 5) is 19.3. The molecule has 0 bridgehead atoms. The van der Waals surface area contributed by atoms with Crippen LogP contribution in [0.2, 0.25) is 0 Å². The van der Waals surface area contributed by atoms with E-state index < -0.39 is 5.41 Å². The van der Waals surface area contributed by atoms with Gasteiger partial charge in [-0.1, -0.05) is 0 Å². The van der Waals surface area contributed by atoms with Crippen molar-refractivity contribution in [2.45, 2.75) is 46.7 Å². The predicted molar refractivity (Wildman–Crippen MR) is 125 cm³/mol.